The Bertz CT molecular complexity index is 1410. The lowest BCUT2D eigenvalue weighted by molar-refractivity contribution is -0.140. The summed E-state index contributed by atoms with van der Waals surface area (Å²) in [6.07, 6.45) is 0.337. The number of aryl methyl sites for hydroxylation is 2. The van der Waals surface area contributed by atoms with Crippen LogP contribution in [0.25, 0.3) is 0 Å². The smallest absolute Gasteiger partial charge is 0.264 e. The summed E-state index contributed by atoms with van der Waals surface area (Å²) in [6, 6.07) is 18.1. The van der Waals surface area contributed by atoms with Crippen LogP contribution in [0, 0.1) is 20.8 Å². The standard InChI is InChI=1S/C29H34ClN3O4S/c1-6-26(29(35)31-5)32(18-23-11-7-8-12-25(23)30)28(34)19-33(27-13-9-10-21(3)22(27)4)38(36,37)24-16-14-20(2)15-17-24/h7-17,26H,6,18-19H2,1-5H3,(H,31,35)/t26-/m0/s1. The highest BCUT2D eigenvalue weighted by Gasteiger charge is 2.34. The highest BCUT2D eigenvalue weighted by molar-refractivity contribution is 7.92. The van der Waals surface area contributed by atoms with Gasteiger partial charge in [0.1, 0.15) is 12.6 Å². The van der Waals surface area contributed by atoms with Crippen LogP contribution in [0.2, 0.25) is 5.02 Å². The third-order valence-electron chi connectivity index (χ3n) is 6.66. The molecule has 0 saturated heterocycles. The molecular formula is C29H34ClN3O4S. The van der Waals surface area contributed by atoms with Crippen molar-refractivity contribution < 1.29 is 18.0 Å². The molecule has 0 aliphatic heterocycles. The van der Waals surface area contributed by atoms with Crippen molar-refractivity contribution in [2.24, 2.45) is 0 Å². The predicted molar refractivity (Wildman–Crippen MR) is 152 cm³/mol. The molecule has 3 aromatic rings. The Hall–Kier alpha value is -3.36. The molecule has 0 heterocycles. The highest BCUT2D eigenvalue weighted by Crippen LogP contribution is 2.29. The summed E-state index contributed by atoms with van der Waals surface area (Å²) in [6.45, 7) is 6.96. The molecule has 3 rings (SSSR count). The zero-order chi connectivity index (χ0) is 28.0. The van der Waals surface area contributed by atoms with Crippen LogP contribution in [0.1, 0.15) is 35.6 Å². The number of sulfonamides is 1. The van der Waals surface area contributed by atoms with Crippen LogP contribution in [-0.4, -0.2) is 44.8 Å². The van der Waals surface area contributed by atoms with Crippen molar-refractivity contribution in [3.8, 4) is 0 Å². The fraction of sp³-hybridized carbons (Fsp3) is 0.310. The molecule has 3 aromatic carbocycles. The summed E-state index contributed by atoms with van der Waals surface area (Å²) < 4.78 is 29.1. The molecular weight excluding hydrogens is 522 g/mol. The van der Waals surface area contributed by atoms with Gasteiger partial charge in [-0.1, -0.05) is 66.6 Å². The van der Waals surface area contributed by atoms with Crippen molar-refractivity contribution in [2.45, 2.75) is 51.6 Å². The number of anilines is 1. The van der Waals surface area contributed by atoms with Crippen LogP contribution in [0.5, 0.6) is 0 Å². The number of hydrogen-bond acceptors (Lipinski definition) is 4. The predicted octanol–water partition coefficient (Wildman–Crippen LogP) is 5.01. The quantitative estimate of drug-likeness (QED) is 0.381. The number of likely N-dealkylation sites (N-methyl/N-ethyl adjacent to an activating group) is 1. The number of nitrogens with one attached hydrogen (secondary N) is 1. The second-order valence-corrected chi connectivity index (χ2v) is 11.5. The number of nitrogens with zero attached hydrogens (tertiary/aromatic N) is 2. The monoisotopic (exact) mass is 555 g/mol. The van der Waals surface area contributed by atoms with Crippen LogP contribution < -0.4 is 9.62 Å². The van der Waals surface area contributed by atoms with Gasteiger partial charge in [0.25, 0.3) is 10.0 Å². The largest absolute Gasteiger partial charge is 0.357 e. The fourth-order valence-electron chi connectivity index (χ4n) is 4.25. The third-order valence-corrected chi connectivity index (χ3v) is 8.81. The van der Waals surface area contributed by atoms with E-state index in [1.165, 1.54) is 24.1 Å². The lowest BCUT2D eigenvalue weighted by Crippen LogP contribution is -2.51. The molecule has 0 unspecified atom stereocenters. The van der Waals surface area contributed by atoms with E-state index in [0.29, 0.717) is 22.7 Å². The van der Waals surface area contributed by atoms with E-state index in [1.54, 1.807) is 55.5 Å². The summed E-state index contributed by atoms with van der Waals surface area (Å²) in [4.78, 5) is 28.3. The van der Waals surface area contributed by atoms with Gasteiger partial charge in [-0.25, -0.2) is 8.42 Å². The van der Waals surface area contributed by atoms with Crippen LogP contribution >= 0.6 is 11.6 Å². The van der Waals surface area contributed by atoms with Crippen molar-refractivity contribution in [2.75, 3.05) is 17.9 Å². The van der Waals surface area contributed by atoms with Gasteiger partial charge in [0, 0.05) is 18.6 Å². The second kappa shape index (κ2) is 12.5. The molecule has 0 radical (unpaired) electrons. The molecule has 38 heavy (non-hydrogen) atoms. The minimum atomic E-state index is -4.12. The maximum atomic E-state index is 14.0. The molecule has 7 nitrogen and oxygen atoms in total. The van der Waals surface area contributed by atoms with Gasteiger partial charge >= 0.3 is 0 Å². The zero-order valence-corrected chi connectivity index (χ0v) is 23.9. The Balaban J connectivity index is 2.12. The van der Waals surface area contributed by atoms with Crippen molar-refractivity contribution in [1.29, 1.82) is 0 Å². The molecule has 0 fully saturated rings. The number of carbonyl (C=O) groups excluding carboxylic acids is 2. The first kappa shape index (κ1) is 29.2. The molecule has 2 amide bonds. The number of rotatable bonds is 10. The van der Waals surface area contributed by atoms with E-state index in [4.69, 9.17) is 11.6 Å². The maximum absolute atomic E-state index is 14.0. The highest BCUT2D eigenvalue weighted by atomic mass is 35.5. The summed E-state index contributed by atoms with van der Waals surface area (Å²) in [5, 5.41) is 3.07. The molecule has 0 aromatic heterocycles. The number of benzene rings is 3. The molecule has 0 aliphatic rings. The van der Waals surface area contributed by atoms with Gasteiger partial charge in [0.15, 0.2) is 0 Å². The van der Waals surface area contributed by atoms with E-state index >= 15 is 0 Å². The van der Waals surface area contributed by atoms with Gasteiger partial charge < -0.3 is 10.2 Å². The topological polar surface area (TPSA) is 86.8 Å². The number of hydrogen-bond donors (Lipinski definition) is 1. The summed E-state index contributed by atoms with van der Waals surface area (Å²) in [5.74, 6) is -0.857. The van der Waals surface area contributed by atoms with Crippen LogP contribution in [-0.2, 0) is 26.2 Å². The average Bonchev–Trinajstić information content (AvgIpc) is 2.89. The third kappa shape index (κ3) is 6.37. The van der Waals surface area contributed by atoms with Gasteiger partial charge in [-0.05, 0) is 68.1 Å². The van der Waals surface area contributed by atoms with Gasteiger partial charge in [0.2, 0.25) is 11.8 Å². The number of halogens is 1. The summed E-state index contributed by atoms with van der Waals surface area (Å²) in [7, 11) is -2.61. The molecule has 0 saturated carbocycles. The van der Waals surface area contributed by atoms with Gasteiger partial charge in [-0.3, -0.25) is 13.9 Å². The lowest BCUT2D eigenvalue weighted by atomic mass is 10.1. The average molecular weight is 556 g/mol. The first-order valence-corrected chi connectivity index (χ1v) is 14.2. The summed E-state index contributed by atoms with van der Waals surface area (Å²) >= 11 is 6.39. The van der Waals surface area contributed by atoms with Crippen LogP contribution in [0.3, 0.4) is 0 Å². The Morgan fingerprint density at radius 2 is 1.61 bits per heavy atom. The molecule has 0 aliphatic carbocycles. The van der Waals surface area contributed by atoms with Crippen molar-refractivity contribution in [3.05, 3.63) is 94.0 Å². The van der Waals surface area contributed by atoms with E-state index in [-0.39, 0.29) is 17.3 Å². The molecule has 0 bridgehead atoms. The van der Waals surface area contributed by atoms with E-state index in [9.17, 15) is 18.0 Å². The molecule has 9 heteroatoms. The van der Waals surface area contributed by atoms with E-state index < -0.39 is 28.5 Å². The van der Waals surface area contributed by atoms with Crippen molar-refractivity contribution in [3.63, 3.8) is 0 Å². The fourth-order valence-corrected chi connectivity index (χ4v) is 5.92. The summed E-state index contributed by atoms with van der Waals surface area (Å²) in [5.41, 5.74) is 3.62. The first-order chi connectivity index (χ1) is 18.0. The van der Waals surface area contributed by atoms with Crippen molar-refractivity contribution in [1.82, 2.24) is 10.2 Å². The van der Waals surface area contributed by atoms with E-state index in [1.807, 2.05) is 26.8 Å². The Morgan fingerprint density at radius 1 is 0.947 bits per heavy atom. The normalized spacial score (nSPS) is 12.1. The molecule has 202 valence electrons. The van der Waals surface area contributed by atoms with Crippen molar-refractivity contribution >= 4 is 39.1 Å². The number of carbonyl (C=O) groups is 2. The maximum Gasteiger partial charge on any atom is 0.264 e. The molecule has 1 atom stereocenters. The van der Waals surface area contributed by atoms with Crippen LogP contribution in [0.15, 0.2) is 71.6 Å². The first-order valence-electron chi connectivity index (χ1n) is 12.4. The Kier molecular flexibility index (Phi) is 9.57. The molecule has 1 N–H and O–H groups in total. The van der Waals surface area contributed by atoms with E-state index in [2.05, 4.69) is 5.32 Å². The SMILES string of the molecule is CC[C@@H](C(=O)NC)N(Cc1ccccc1Cl)C(=O)CN(c1cccc(C)c1C)S(=O)(=O)c1ccc(C)cc1. The van der Waals surface area contributed by atoms with Gasteiger partial charge in [0.05, 0.1) is 10.6 Å². The Morgan fingerprint density at radius 3 is 2.21 bits per heavy atom. The number of amides is 2. The minimum Gasteiger partial charge on any atom is -0.357 e. The zero-order valence-electron chi connectivity index (χ0n) is 22.4. The van der Waals surface area contributed by atoms with E-state index in [0.717, 1.165) is 21.0 Å². The van der Waals surface area contributed by atoms with Gasteiger partial charge in [-0.15, -0.1) is 0 Å². The second-order valence-electron chi connectivity index (χ2n) is 9.20. The lowest BCUT2D eigenvalue weighted by Gasteiger charge is -2.33. The molecule has 0 spiro atoms. The minimum absolute atomic E-state index is 0.0512. The van der Waals surface area contributed by atoms with Crippen LogP contribution in [0.4, 0.5) is 5.69 Å². The van der Waals surface area contributed by atoms with Gasteiger partial charge in [-0.2, -0.15) is 0 Å². The Labute approximate surface area is 230 Å².